The lowest BCUT2D eigenvalue weighted by Gasteiger charge is -2.10. The Morgan fingerprint density at radius 2 is 2.47 bits per heavy atom. The average Bonchev–Trinajstić information content (AvgIpc) is 2.84. The molecule has 1 saturated heterocycles. The number of hydrogen-bond acceptors (Lipinski definition) is 3. The molecule has 0 aromatic heterocycles. The Morgan fingerprint density at radius 1 is 1.60 bits per heavy atom. The first-order valence-corrected chi connectivity index (χ1v) is 5.59. The van der Waals surface area contributed by atoms with E-state index in [0.29, 0.717) is 0 Å². The van der Waals surface area contributed by atoms with E-state index >= 15 is 0 Å². The smallest absolute Gasteiger partial charge is 0.341 e. The van der Waals surface area contributed by atoms with Crippen LogP contribution in [-0.2, 0) is 14.3 Å². The molecule has 0 bridgehead atoms. The van der Waals surface area contributed by atoms with Crippen molar-refractivity contribution in [3.63, 3.8) is 0 Å². The van der Waals surface area contributed by atoms with Crippen LogP contribution in [-0.4, -0.2) is 17.9 Å². The average molecular weight is 206 g/mol. The van der Waals surface area contributed by atoms with Crippen LogP contribution in [0.15, 0.2) is 23.3 Å². The van der Waals surface area contributed by atoms with Gasteiger partial charge in [0.05, 0.1) is 5.57 Å². The number of carbonyl (C=O) groups excluding carboxylic acids is 1. The zero-order valence-electron chi connectivity index (χ0n) is 8.79. The van der Waals surface area contributed by atoms with E-state index in [1.54, 1.807) is 0 Å². The molecule has 3 heteroatoms. The third-order valence-corrected chi connectivity index (χ3v) is 3.29. The van der Waals surface area contributed by atoms with Gasteiger partial charge in [0.15, 0.2) is 0 Å². The van der Waals surface area contributed by atoms with E-state index in [1.165, 1.54) is 0 Å². The van der Waals surface area contributed by atoms with Gasteiger partial charge in [0, 0.05) is 5.57 Å². The van der Waals surface area contributed by atoms with Crippen molar-refractivity contribution in [3.05, 3.63) is 23.3 Å². The van der Waals surface area contributed by atoms with Crippen molar-refractivity contribution in [3.8, 4) is 0 Å². The number of fused-ring (bicyclic) bond motifs is 1. The summed E-state index contributed by atoms with van der Waals surface area (Å²) in [5.74, 6) is -0.854. The van der Waals surface area contributed by atoms with Gasteiger partial charge in [-0.15, -0.1) is 0 Å². The van der Waals surface area contributed by atoms with Gasteiger partial charge in [0.2, 0.25) is 0 Å². The van der Waals surface area contributed by atoms with E-state index < -0.39 is 5.79 Å². The fraction of sp³-hybridized carbons (Fsp3) is 0.583. The quantitative estimate of drug-likeness (QED) is 0.513. The Labute approximate surface area is 88.7 Å². The first-order chi connectivity index (χ1) is 7.28. The Kier molecular flexibility index (Phi) is 1.80. The Bertz CT molecular complexity index is 380. The van der Waals surface area contributed by atoms with Crippen LogP contribution in [0.4, 0.5) is 0 Å². The number of carbonyl (C=O) groups is 1. The number of ether oxygens (including phenoxy) is 2. The lowest BCUT2D eigenvalue weighted by atomic mass is 9.93. The molecule has 3 rings (SSSR count). The van der Waals surface area contributed by atoms with Gasteiger partial charge >= 0.3 is 5.97 Å². The van der Waals surface area contributed by atoms with Crippen LogP contribution in [0.1, 0.15) is 32.6 Å². The van der Waals surface area contributed by atoms with E-state index in [1.807, 2.05) is 12.2 Å². The lowest BCUT2D eigenvalue weighted by Crippen LogP contribution is -2.19. The summed E-state index contributed by atoms with van der Waals surface area (Å²) in [6, 6.07) is 0. The molecule has 2 unspecified atom stereocenters. The molecule has 0 radical (unpaired) electrons. The zero-order valence-corrected chi connectivity index (χ0v) is 8.79. The summed E-state index contributed by atoms with van der Waals surface area (Å²) in [4.78, 5) is 11.6. The third-order valence-electron chi connectivity index (χ3n) is 3.29. The second kappa shape index (κ2) is 2.95. The van der Waals surface area contributed by atoms with Gasteiger partial charge in [-0.05, 0) is 19.3 Å². The number of esters is 1. The molecule has 2 atom stereocenters. The van der Waals surface area contributed by atoms with Crippen molar-refractivity contribution >= 4 is 5.97 Å². The molecular weight excluding hydrogens is 192 g/mol. The van der Waals surface area contributed by atoms with Crippen LogP contribution in [0.5, 0.6) is 0 Å². The van der Waals surface area contributed by atoms with Crippen LogP contribution in [0.3, 0.4) is 0 Å². The molecular formula is C12H14O3. The Hall–Kier alpha value is -1.09. The van der Waals surface area contributed by atoms with Crippen LogP contribution in [0, 0.1) is 0 Å². The van der Waals surface area contributed by atoms with E-state index in [9.17, 15) is 4.79 Å². The zero-order chi connectivity index (χ0) is 10.5. The molecule has 3 nitrogen and oxygen atoms in total. The molecule has 1 aliphatic carbocycles. The van der Waals surface area contributed by atoms with Gasteiger partial charge < -0.3 is 9.47 Å². The number of allylic oxidation sites excluding steroid dienone is 1. The predicted octanol–water partition coefficient (Wildman–Crippen LogP) is 2.08. The summed E-state index contributed by atoms with van der Waals surface area (Å²) in [5.41, 5.74) is 1.81. The molecule has 15 heavy (non-hydrogen) atoms. The molecule has 1 spiro atoms. The summed E-state index contributed by atoms with van der Waals surface area (Å²) in [6.07, 6.45) is 7.91. The monoisotopic (exact) mass is 206 g/mol. The number of hydrogen-bond donors (Lipinski definition) is 0. The van der Waals surface area contributed by atoms with Crippen LogP contribution < -0.4 is 0 Å². The summed E-state index contributed by atoms with van der Waals surface area (Å²) >= 11 is 0. The summed E-state index contributed by atoms with van der Waals surface area (Å²) in [7, 11) is 0. The van der Waals surface area contributed by atoms with Gasteiger partial charge in [-0.25, -0.2) is 4.79 Å². The third kappa shape index (κ3) is 1.13. The molecule has 0 aromatic carbocycles. The Morgan fingerprint density at radius 3 is 3.27 bits per heavy atom. The molecule has 3 aliphatic rings. The van der Waals surface area contributed by atoms with Crippen LogP contribution in [0.2, 0.25) is 0 Å². The maximum atomic E-state index is 11.6. The maximum absolute atomic E-state index is 11.6. The molecule has 0 N–H and O–H groups in total. The van der Waals surface area contributed by atoms with Crippen LogP contribution >= 0.6 is 0 Å². The van der Waals surface area contributed by atoms with Crippen molar-refractivity contribution in [2.75, 3.05) is 0 Å². The topological polar surface area (TPSA) is 38.8 Å². The largest absolute Gasteiger partial charge is 0.422 e. The first-order valence-electron chi connectivity index (χ1n) is 5.59. The maximum Gasteiger partial charge on any atom is 0.341 e. The molecule has 0 saturated carbocycles. The van der Waals surface area contributed by atoms with Crippen LogP contribution in [0.25, 0.3) is 0 Å². The SMILES string of the molecule is CCCC1OC12OC(=O)C1=C2CCC=C1. The highest BCUT2D eigenvalue weighted by Gasteiger charge is 2.66. The molecule has 0 aromatic rings. The fourth-order valence-corrected chi connectivity index (χ4v) is 2.52. The lowest BCUT2D eigenvalue weighted by molar-refractivity contribution is -0.146. The highest BCUT2D eigenvalue weighted by atomic mass is 16.8. The van der Waals surface area contributed by atoms with Gasteiger partial charge in [-0.3, -0.25) is 0 Å². The molecule has 0 amide bonds. The van der Waals surface area contributed by atoms with Gasteiger partial charge in [-0.2, -0.15) is 0 Å². The van der Waals surface area contributed by atoms with Gasteiger partial charge in [0.25, 0.3) is 5.79 Å². The van der Waals surface area contributed by atoms with E-state index in [-0.39, 0.29) is 12.1 Å². The number of epoxide rings is 1. The summed E-state index contributed by atoms with van der Waals surface area (Å²) < 4.78 is 11.0. The second-order valence-electron chi connectivity index (χ2n) is 4.29. The van der Waals surface area contributed by atoms with E-state index in [2.05, 4.69) is 6.92 Å². The second-order valence-corrected chi connectivity index (χ2v) is 4.29. The van der Waals surface area contributed by atoms with Gasteiger partial charge in [0.1, 0.15) is 6.10 Å². The number of rotatable bonds is 2. The first kappa shape index (κ1) is 9.16. The summed E-state index contributed by atoms with van der Waals surface area (Å²) in [6.45, 7) is 2.11. The van der Waals surface area contributed by atoms with Gasteiger partial charge in [-0.1, -0.05) is 25.5 Å². The highest BCUT2D eigenvalue weighted by molar-refractivity contribution is 5.96. The predicted molar refractivity (Wildman–Crippen MR) is 54.0 cm³/mol. The van der Waals surface area contributed by atoms with Crippen molar-refractivity contribution in [2.24, 2.45) is 0 Å². The Balaban J connectivity index is 1.92. The van der Waals surface area contributed by atoms with Crippen molar-refractivity contribution in [1.29, 1.82) is 0 Å². The molecule has 2 aliphatic heterocycles. The molecule has 1 fully saturated rings. The highest BCUT2D eigenvalue weighted by Crippen LogP contribution is 2.53. The minimum atomic E-state index is -0.646. The standard InChI is InChI=1S/C12H14O3/c1-2-5-10-12(14-10)9-7-4-3-6-8(9)11(13)15-12/h3,6,10H,2,4-5,7H2,1H3. The van der Waals surface area contributed by atoms with Crippen molar-refractivity contribution in [1.82, 2.24) is 0 Å². The minimum Gasteiger partial charge on any atom is -0.422 e. The molecule has 2 heterocycles. The van der Waals surface area contributed by atoms with Crippen molar-refractivity contribution in [2.45, 2.75) is 44.5 Å². The molecule has 80 valence electrons. The van der Waals surface area contributed by atoms with E-state index in [0.717, 1.165) is 36.8 Å². The van der Waals surface area contributed by atoms with E-state index in [4.69, 9.17) is 9.47 Å². The normalized spacial score (nSPS) is 37.1. The fourth-order valence-electron chi connectivity index (χ4n) is 2.52. The summed E-state index contributed by atoms with van der Waals surface area (Å²) in [5, 5.41) is 0. The minimum absolute atomic E-state index is 0.102. The van der Waals surface area contributed by atoms with Crippen molar-refractivity contribution < 1.29 is 14.3 Å².